The standard InChI is InChI=1S/C16H23N3O3S/c1-3-6-12(2)16(20)18-13-7-4-8-14(11-13)23(21,22)19-15-9-5-10-17-15/h4,7-8,11-12H,3,5-6,9-10H2,1-2H3,(H,17,19)(H,18,20). The van der Waals surface area contributed by atoms with Crippen LogP contribution in [0.1, 0.15) is 39.5 Å². The number of carbonyl (C=O) groups excluding carboxylic acids is 1. The Balaban J connectivity index is 2.11. The van der Waals surface area contributed by atoms with Crippen molar-refractivity contribution in [3.8, 4) is 0 Å². The number of benzene rings is 1. The first-order valence-corrected chi connectivity index (χ1v) is 9.38. The van der Waals surface area contributed by atoms with Crippen LogP contribution in [0.25, 0.3) is 0 Å². The molecule has 0 aromatic heterocycles. The second-order valence-corrected chi connectivity index (χ2v) is 7.43. The first kappa shape index (κ1) is 17.5. The fourth-order valence-electron chi connectivity index (χ4n) is 2.41. The van der Waals surface area contributed by atoms with Gasteiger partial charge in [-0.15, -0.1) is 0 Å². The van der Waals surface area contributed by atoms with Crippen LogP contribution in [-0.2, 0) is 14.8 Å². The van der Waals surface area contributed by atoms with E-state index in [-0.39, 0.29) is 16.7 Å². The molecule has 0 saturated heterocycles. The molecule has 1 aliphatic rings. The SMILES string of the molecule is CCCC(C)C(=O)Nc1cccc(S(=O)(=O)NC2=NCCC2)c1. The van der Waals surface area contributed by atoms with Crippen molar-refractivity contribution in [1.29, 1.82) is 0 Å². The zero-order valence-electron chi connectivity index (χ0n) is 13.5. The van der Waals surface area contributed by atoms with Crippen LogP contribution in [0, 0.1) is 5.92 Å². The molecule has 0 radical (unpaired) electrons. The molecule has 0 saturated carbocycles. The average Bonchev–Trinajstić information content (AvgIpc) is 3.00. The van der Waals surface area contributed by atoms with Crippen LogP contribution in [0.3, 0.4) is 0 Å². The number of amidine groups is 1. The lowest BCUT2D eigenvalue weighted by Crippen LogP contribution is -2.29. The Kier molecular flexibility index (Phi) is 5.76. The number of aliphatic imine (C=N–C) groups is 1. The molecule has 1 aromatic rings. The van der Waals surface area contributed by atoms with Crippen molar-refractivity contribution in [3.63, 3.8) is 0 Å². The van der Waals surface area contributed by atoms with Crippen molar-refractivity contribution >= 4 is 27.5 Å². The van der Waals surface area contributed by atoms with E-state index in [1.54, 1.807) is 12.1 Å². The summed E-state index contributed by atoms with van der Waals surface area (Å²) in [7, 11) is -3.66. The third-order valence-corrected chi connectivity index (χ3v) is 5.09. The van der Waals surface area contributed by atoms with Crippen LogP contribution < -0.4 is 10.0 Å². The molecule has 2 N–H and O–H groups in total. The van der Waals surface area contributed by atoms with Gasteiger partial charge in [0.15, 0.2) is 0 Å². The van der Waals surface area contributed by atoms with Crippen LogP contribution >= 0.6 is 0 Å². The maximum absolute atomic E-state index is 12.4. The second kappa shape index (κ2) is 7.59. The Hall–Kier alpha value is -1.89. The molecule has 0 spiro atoms. The maximum Gasteiger partial charge on any atom is 0.262 e. The smallest absolute Gasteiger partial charge is 0.262 e. The third-order valence-electron chi connectivity index (χ3n) is 3.71. The highest BCUT2D eigenvalue weighted by Gasteiger charge is 2.19. The molecule has 2 rings (SSSR count). The summed E-state index contributed by atoms with van der Waals surface area (Å²) in [6.45, 7) is 4.54. The van der Waals surface area contributed by atoms with Gasteiger partial charge in [-0.05, 0) is 31.0 Å². The number of anilines is 1. The molecule has 1 amide bonds. The third kappa shape index (κ3) is 4.79. The summed E-state index contributed by atoms with van der Waals surface area (Å²) in [6.07, 6.45) is 3.23. The fourth-order valence-corrected chi connectivity index (χ4v) is 3.54. The predicted octanol–water partition coefficient (Wildman–Crippen LogP) is 2.53. The molecule has 1 heterocycles. The lowest BCUT2D eigenvalue weighted by Gasteiger charge is -2.12. The van der Waals surface area contributed by atoms with E-state index in [9.17, 15) is 13.2 Å². The van der Waals surface area contributed by atoms with Crippen molar-refractivity contribution < 1.29 is 13.2 Å². The molecular weight excluding hydrogens is 314 g/mol. The molecular formula is C16H23N3O3S. The largest absolute Gasteiger partial charge is 0.326 e. The number of hydrogen-bond acceptors (Lipinski definition) is 4. The molecule has 126 valence electrons. The lowest BCUT2D eigenvalue weighted by molar-refractivity contribution is -0.119. The van der Waals surface area contributed by atoms with Crippen molar-refractivity contribution in [3.05, 3.63) is 24.3 Å². The Morgan fingerprint density at radius 2 is 2.17 bits per heavy atom. The first-order chi connectivity index (χ1) is 10.9. The second-order valence-electron chi connectivity index (χ2n) is 5.74. The minimum absolute atomic E-state index is 0.102. The maximum atomic E-state index is 12.4. The summed E-state index contributed by atoms with van der Waals surface area (Å²) in [4.78, 5) is 16.3. The predicted molar refractivity (Wildman–Crippen MR) is 91.0 cm³/mol. The molecule has 0 aliphatic carbocycles. The number of carbonyl (C=O) groups is 1. The summed E-state index contributed by atoms with van der Waals surface area (Å²) in [5.74, 6) is 0.289. The van der Waals surface area contributed by atoms with Crippen LogP contribution in [0.15, 0.2) is 34.2 Å². The van der Waals surface area contributed by atoms with Crippen LogP contribution in [-0.4, -0.2) is 26.7 Å². The highest BCUT2D eigenvalue weighted by Crippen LogP contribution is 2.18. The summed E-state index contributed by atoms with van der Waals surface area (Å²) < 4.78 is 27.2. The quantitative estimate of drug-likeness (QED) is 0.836. The van der Waals surface area contributed by atoms with Gasteiger partial charge in [-0.1, -0.05) is 26.3 Å². The molecule has 0 bridgehead atoms. The molecule has 1 aliphatic heterocycles. The Morgan fingerprint density at radius 3 is 2.83 bits per heavy atom. The molecule has 6 nitrogen and oxygen atoms in total. The van der Waals surface area contributed by atoms with Gasteiger partial charge in [0.2, 0.25) is 5.91 Å². The van der Waals surface area contributed by atoms with E-state index in [0.717, 1.165) is 19.3 Å². The van der Waals surface area contributed by atoms with Gasteiger partial charge in [-0.3, -0.25) is 14.5 Å². The van der Waals surface area contributed by atoms with Gasteiger partial charge in [0, 0.05) is 24.6 Å². The highest BCUT2D eigenvalue weighted by molar-refractivity contribution is 7.90. The molecule has 1 aromatic carbocycles. The van der Waals surface area contributed by atoms with Crippen molar-refractivity contribution in [2.45, 2.75) is 44.4 Å². The highest BCUT2D eigenvalue weighted by atomic mass is 32.2. The zero-order chi connectivity index (χ0) is 16.9. The van der Waals surface area contributed by atoms with E-state index in [1.165, 1.54) is 12.1 Å². The summed E-state index contributed by atoms with van der Waals surface area (Å²) >= 11 is 0. The van der Waals surface area contributed by atoms with E-state index in [1.807, 2.05) is 13.8 Å². The minimum Gasteiger partial charge on any atom is -0.326 e. The lowest BCUT2D eigenvalue weighted by atomic mass is 10.1. The van der Waals surface area contributed by atoms with E-state index in [2.05, 4.69) is 15.0 Å². The Bertz CT molecular complexity index is 698. The van der Waals surface area contributed by atoms with Gasteiger partial charge in [0.05, 0.1) is 4.90 Å². The number of rotatable bonds is 6. The number of hydrogen-bond donors (Lipinski definition) is 2. The van der Waals surface area contributed by atoms with Gasteiger partial charge < -0.3 is 5.32 Å². The summed E-state index contributed by atoms with van der Waals surface area (Å²) in [5.41, 5.74) is 0.481. The number of sulfonamides is 1. The van der Waals surface area contributed by atoms with Crippen LogP contribution in [0.2, 0.25) is 0 Å². The summed E-state index contributed by atoms with van der Waals surface area (Å²) in [5, 5.41) is 2.77. The zero-order valence-corrected chi connectivity index (χ0v) is 14.3. The normalized spacial score (nSPS) is 15.8. The number of nitrogens with one attached hydrogen (secondary N) is 2. The molecule has 1 atom stereocenters. The van der Waals surface area contributed by atoms with Gasteiger partial charge in [0.1, 0.15) is 5.84 Å². The summed E-state index contributed by atoms with van der Waals surface area (Å²) in [6, 6.07) is 6.27. The number of amides is 1. The van der Waals surface area contributed by atoms with E-state index in [0.29, 0.717) is 24.5 Å². The molecule has 7 heteroatoms. The monoisotopic (exact) mass is 337 g/mol. The topological polar surface area (TPSA) is 87.6 Å². The average molecular weight is 337 g/mol. The number of nitrogens with zero attached hydrogens (tertiary/aromatic N) is 1. The molecule has 23 heavy (non-hydrogen) atoms. The fraction of sp³-hybridized carbons (Fsp3) is 0.500. The Labute approximate surface area is 137 Å². The van der Waals surface area contributed by atoms with Gasteiger partial charge >= 0.3 is 0 Å². The van der Waals surface area contributed by atoms with Gasteiger partial charge in [-0.25, -0.2) is 8.42 Å². The van der Waals surface area contributed by atoms with E-state index >= 15 is 0 Å². The van der Waals surface area contributed by atoms with Crippen molar-refractivity contribution in [2.24, 2.45) is 10.9 Å². The van der Waals surface area contributed by atoms with Crippen molar-refractivity contribution in [1.82, 2.24) is 4.72 Å². The minimum atomic E-state index is -3.66. The van der Waals surface area contributed by atoms with Gasteiger partial charge in [0.25, 0.3) is 10.0 Å². The Morgan fingerprint density at radius 1 is 1.39 bits per heavy atom. The van der Waals surface area contributed by atoms with Gasteiger partial charge in [-0.2, -0.15) is 0 Å². The first-order valence-electron chi connectivity index (χ1n) is 7.89. The van der Waals surface area contributed by atoms with Crippen molar-refractivity contribution in [2.75, 3.05) is 11.9 Å². The van der Waals surface area contributed by atoms with Crippen LogP contribution in [0.5, 0.6) is 0 Å². The van der Waals surface area contributed by atoms with E-state index in [4.69, 9.17) is 0 Å². The molecule has 0 fully saturated rings. The van der Waals surface area contributed by atoms with Crippen LogP contribution in [0.4, 0.5) is 5.69 Å². The molecule has 1 unspecified atom stereocenters. The van der Waals surface area contributed by atoms with E-state index < -0.39 is 10.0 Å².